The van der Waals surface area contributed by atoms with E-state index in [2.05, 4.69) is 68.1 Å². The van der Waals surface area contributed by atoms with Crippen LogP contribution in [-0.4, -0.2) is 38.1 Å². The third kappa shape index (κ3) is 15.6. The van der Waals surface area contributed by atoms with E-state index in [9.17, 15) is 13.2 Å². The summed E-state index contributed by atoms with van der Waals surface area (Å²) in [4.78, 5) is 4.58. The maximum absolute atomic E-state index is 13.5. The number of aryl methyl sites for hydroxylation is 1. The first-order valence-corrected chi connectivity index (χ1v) is 18.4. The van der Waals surface area contributed by atoms with Crippen molar-refractivity contribution in [1.82, 2.24) is 5.32 Å². The molecule has 2 aliphatic carbocycles. The van der Waals surface area contributed by atoms with E-state index in [-0.39, 0.29) is 19.8 Å². The molecule has 0 spiro atoms. The van der Waals surface area contributed by atoms with Gasteiger partial charge >= 0.3 is 0 Å². The lowest BCUT2D eigenvalue weighted by Gasteiger charge is -2.27. The smallest absolute Gasteiger partial charge is 0.238 e. The molecule has 1 aromatic carbocycles. The molecular weight excluding hydrogens is 605 g/mol. The van der Waals surface area contributed by atoms with E-state index in [0.717, 1.165) is 34.5 Å². The second-order valence-electron chi connectivity index (χ2n) is 12.6. The lowest BCUT2D eigenvalue weighted by Crippen LogP contribution is -2.19. The highest BCUT2D eigenvalue weighted by Crippen LogP contribution is 2.45. The first-order valence-electron chi connectivity index (χ1n) is 18.4. The summed E-state index contributed by atoms with van der Waals surface area (Å²) in [5.74, 6) is 0.443. The number of aliphatic imine (C=N–C) groups is 1. The molecule has 0 saturated heterocycles. The van der Waals surface area contributed by atoms with Gasteiger partial charge < -0.3 is 16.4 Å². The van der Waals surface area contributed by atoms with Gasteiger partial charge in [-0.05, 0) is 101 Å². The zero-order chi connectivity index (χ0) is 36.9. The van der Waals surface area contributed by atoms with Crippen LogP contribution >= 0.6 is 0 Å². The molecule has 0 amide bonds. The molecule has 276 valence electrons. The molecule has 7 heteroatoms. The third-order valence-corrected chi connectivity index (χ3v) is 9.18. The summed E-state index contributed by atoms with van der Waals surface area (Å²) in [5, 5.41) is 6.88. The summed E-state index contributed by atoms with van der Waals surface area (Å²) in [7, 11) is 1.97. The number of nitrogens with zero attached hydrogens (tertiary/aromatic N) is 1. The molecule has 2 aliphatic rings. The molecule has 1 aromatic rings. The van der Waals surface area contributed by atoms with E-state index in [1.165, 1.54) is 56.6 Å². The van der Waals surface area contributed by atoms with Gasteiger partial charge in [-0.1, -0.05) is 97.7 Å². The number of likely N-dealkylation sites (N-methyl/N-ethyl adjacent to an activating group) is 1. The Labute approximate surface area is 294 Å². The number of benzene rings is 1. The second kappa shape index (κ2) is 24.4. The van der Waals surface area contributed by atoms with E-state index >= 15 is 0 Å². The van der Waals surface area contributed by atoms with Gasteiger partial charge in [0.1, 0.15) is 12.0 Å². The summed E-state index contributed by atoms with van der Waals surface area (Å²) in [6, 6.07) is 5.92. The van der Waals surface area contributed by atoms with Crippen molar-refractivity contribution in [3.63, 3.8) is 0 Å². The molecule has 4 N–H and O–H groups in total. The number of halogens is 3. The van der Waals surface area contributed by atoms with Crippen LogP contribution in [0.5, 0.6) is 0 Å². The lowest BCUT2D eigenvalue weighted by molar-refractivity contribution is 0.144. The molecule has 48 heavy (non-hydrogen) atoms. The number of alkyl halides is 3. The molecule has 0 bridgehead atoms. The minimum atomic E-state index is -2.12. The number of nitrogens with two attached hydrogens (primary N) is 1. The molecule has 0 radical (unpaired) electrons. The van der Waals surface area contributed by atoms with Gasteiger partial charge in [-0.15, -0.1) is 0 Å². The Morgan fingerprint density at radius 3 is 2.23 bits per heavy atom. The fourth-order valence-corrected chi connectivity index (χ4v) is 5.98. The predicted molar refractivity (Wildman–Crippen MR) is 208 cm³/mol. The molecule has 0 aromatic heterocycles. The van der Waals surface area contributed by atoms with Crippen molar-refractivity contribution in [3.05, 3.63) is 76.5 Å². The number of amidine groups is 1. The largest absolute Gasteiger partial charge is 0.383 e. The molecule has 4 nitrogen and oxygen atoms in total. The van der Waals surface area contributed by atoms with Crippen LogP contribution in [0.4, 0.5) is 18.9 Å². The van der Waals surface area contributed by atoms with Crippen molar-refractivity contribution in [2.45, 2.75) is 146 Å². The highest BCUT2D eigenvalue weighted by atomic mass is 19.3. The highest BCUT2D eigenvalue weighted by molar-refractivity contribution is 5.98. The van der Waals surface area contributed by atoms with Crippen LogP contribution in [0.25, 0.3) is 0 Å². The van der Waals surface area contributed by atoms with Crippen molar-refractivity contribution in [2.75, 3.05) is 18.9 Å². The van der Waals surface area contributed by atoms with Gasteiger partial charge in [0.05, 0.1) is 6.04 Å². The monoisotopic (exact) mass is 677 g/mol. The highest BCUT2D eigenvalue weighted by Gasteiger charge is 2.41. The predicted octanol–water partition coefficient (Wildman–Crippen LogP) is 12.1. The van der Waals surface area contributed by atoms with Gasteiger partial charge in [0.15, 0.2) is 0 Å². The average Bonchev–Trinajstić information content (AvgIpc) is 3.64. The quantitative estimate of drug-likeness (QED) is 0.0984. The average molecular weight is 677 g/mol. The summed E-state index contributed by atoms with van der Waals surface area (Å²) >= 11 is 0. The van der Waals surface area contributed by atoms with Gasteiger partial charge in [0.25, 0.3) is 0 Å². The Hall–Kier alpha value is -2.80. The number of allylic oxidation sites excluding steroid dienone is 5. The zero-order valence-electron chi connectivity index (χ0n) is 32.2. The van der Waals surface area contributed by atoms with Crippen LogP contribution in [0.3, 0.4) is 0 Å². The number of anilines is 1. The molecule has 0 heterocycles. The van der Waals surface area contributed by atoms with E-state index in [4.69, 9.17) is 5.73 Å². The first-order chi connectivity index (χ1) is 22.9. The van der Waals surface area contributed by atoms with Crippen molar-refractivity contribution in [1.29, 1.82) is 0 Å². The summed E-state index contributed by atoms with van der Waals surface area (Å²) in [6.45, 7) is 25.2. The van der Waals surface area contributed by atoms with E-state index in [0.29, 0.717) is 24.2 Å². The van der Waals surface area contributed by atoms with Crippen LogP contribution in [0.2, 0.25) is 0 Å². The van der Waals surface area contributed by atoms with Gasteiger partial charge in [-0.25, -0.2) is 13.2 Å². The summed E-state index contributed by atoms with van der Waals surface area (Å²) < 4.78 is 35.0. The minimum absolute atomic E-state index is 0. The van der Waals surface area contributed by atoms with Crippen LogP contribution in [0.1, 0.15) is 133 Å². The number of rotatable bonds is 15. The number of hydrogen-bond donors (Lipinski definition) is 3. The molecule has 0 aliphatic heterocycles. The van der Waals surface area contributed by atoms with Gasteiger partial charge in [0.2, 0.25) is 6.43 Å². The number of hydrogen-bond acceptors (Lipinski definition) is 3. The maximum Gasteiger partial charge on any atom is 0.238 e. The topological polar surface area (TPSA) is 62.4 Å². The SMILES string of the molecule is C=C(Nc1cc(C(N)=NC(C)[C@H]2C[C@@H]2F)ccc1C)\C(CNC)=C(C)/C=C(\C=C/C)CCC1(CC)CCCC1.CC.CC.CCC(F)F.[HH]. The van der Waals surface area contributed by atoms with Gasteiger partial charge in [0, 0.05) is 37.3 Å². The van der Waals surface area contributed by atoms with Gasteiger partial charge in [-0.2, -0.15) is 0 Å². The van der Waals surface area contributed by atoms with Crippen LogP contribution in [0, 0.1) is 18.3 Å². The Balaban J connectivity index is 0. The first kappa shape index (κ1) is 45.2. The minimum Gasteiger partial charge on any atom is -0.383 e. The van der Waals surface area contributed by atoms with Crippen molar-refractivity contribution in [3.8, 4) is 0 Å². The maximum atomic E-state index is 13.5. The summed E-state index contributed by atoms with van der Waals surface area (Å²) in [5.41, 5.74) is 14.3. The van der Waals surface area contributed by atoms with Crippen LogP contribution in [0.15, 0.2) is 70.4 Å². The Morgan fingerprint density at radius 1 is 1.17 bits per heavy atom. The normalized spacial score (nSPS) is 19.6. The zero-order valence-corrected chi connectivity index (χ0v) is 32.2. The van der Waals surface area contributed by atoms with Crippen molar-refractivity contribution in [2.24, 2.45) is 22.1 Å². The third-order valence-electron chi connectivity index (χ3n) is 9.18. The van der Waals surface area contributed by atoms with Gasteiger partial charge in [-0.3, -0.25) is 4.99 Å². The van der Waals surface area contributed by atoms with Crippen LogP contribution in [-0.2, 0) is 0 Å². The molecule has 2 saturated carbocycles. The molecule has 3 atom stereocenters. The lowest BCUT2D eigenvalue weighted by atomic mass is 9.78. The molecular formula is C41H71F3N4. The fourth-order valence-electron chi connectivity index (χ4n) is 5.98. The van der Waals surface area contributed by atoms with Crippen LogP contribution < -0.4 is 16.4 Å². The molecule has 1 unspecified atom stereocenters. The Morgan fingerprint density at radius 2 is 1.75 bits per heavy atom. The molecule has 3 rings (SSSR count). The Bertz CT molecular complexity index is 1200. The summed E-state index contributed by atoms with van der Waals surface area (Å²) in [6.07, 6.45) is 13.6. The second-order valence-corrected chi connectivity index (χ2v) is 12.6. The van der Waals surface area contributed by atoms with E-state index < -0.39 is 12.6 Å². The standard InChI is InChI=1S/C34H51FN4.C3H6F2.2C2H6.H2/c1-8-12-27(15-18-34(9-2)16-10-11-17-34)19-24(4)30(22-37-7)26(6)38-32-20-28(14-13-23(32)3)33(36)39-25(5)29-21-31(29)35;1-2-3(4)5;2*1-2;/h8,12-14,19-20,25,29,31,37-38H,6,9-11,15-18,21-22H2,1-5,7H3,(H2,36,39);3H,2H2,1H3;2*1-2H3;1H/b12-8-,27-19+,30-24-;;;;/t25?,29-,31+;;;;/m1..../s1. The van der Waals surface area contributed by atoms with Crippen molar-refractivity contribution >= 4 is 11.5 Å². The van der Waals surface area contributed by atoms with E-state index in [1.807, 2.05) is 59.9 Å². The van der Waals surface area contributed by atoms with E-state index in [1.54, 1.807) is 0 Å². The fraction of sp³-hybridized carbons (Fsp3) is 0.634. The Kier molecular flexibility index (Phi) is 22.9. The van der Waals surface area contributed by atoms with Crippen molar-refractivity contribution < 1.29 is 14.6 Å². The molecule has 2 fully saturated rings. The number of nitrogens with one attached hydrogen (secondary N) is 2.